The predicted octanol–water partition coefficient (Wildman–Crippen LogP) is 2.54. The van der Waals surface area contributed by atoms with Gasteiger partial charge in [-0.1, -0.05) is 5.11 Å². The summed E-state index contributed by atoms with van der Waals surface area (Å²) in [5, 5.41) is 3.65. The van der Waals surface area contributed by atoms with Crippen LogP contribution in [0.5, 0.6) is 0 Å². The first-order chi connectivity index (χ1) is 9.82. The van der Waals surface area contributed by atoms with Crippen molar-refractivity contribution >= 4 is 6.09 Å². The molecule has 1 fully saturated rings. The van der Waals surface area contributed by atoms with Gasteiger partial charge in [0.05, 0.1) is 6.61 Å². The molecule has 0 bridgehead atoms. The van der Waals surface area contributed by atoms with Crippen molar-refractivity contribution in [1.82, 2.24) is 4.90 Å². The van der Waals surface area contributed by atoms with E-state index >= 15 is 0 Å². The number of carbonyl (C=O) groups is 1. The molecule has 1 amide bonds. The maximum atomic E-state index is 12.1. The molecule has 8 heteroatoms. The average Bonchev–Trinajstić information content (AvgIpc) is 2.80. The minimum absolute atomic E-state index is 0.171. The van der Waals surface area contributed by atoms with Gasteiger partial charge in [-0.05, 0) is 32.7 Å². The highest BCUT2D eigenvalue weighted by Gasteiger charge is 2.41. The van der Waals surface area contributed by atoms with Crippen LogP contribution in [0.1, 0.15) is 27.2 Å². The van der Waals surface area contributed by atoms with Crippen molar-refractivity contribution in [3.8, 4) is 0 Å². The number of rotatable bonds is 6. The van der Waals surface area contributed by atoms with E-state index in [0.717, 1.165) is 0 Å². The zero-order valence-corrected chi connectivity index (χ0v) is 13.2. The SMILES string of the molecule is COCOC[C@@]1(CN=[N+]=[N-])CCN(C(=O)OC(C)(C)C)C1. The molecular weight excluding hydrogens is 276 g/mol. The number of carbonyl (C=O) groups excluding carboxylic acids is 1. The van der Waals surface area contributed by atoms with E-state index in [2.05, 4.69) is 10.0 Å². The quantitative estimate of drug-likeness (QED) is 0.247. The van der Waals surface area contributed by atoms with Gasteiger partial charge >= 0.3 is 6.09 Å². The lowest BCUT2D eigenvalue weighted by atomic mass is 9.88. The third-order valence-electron chi connectivity index (χ3n) is 3.17. The Balaban J connectivity index is 2.66. The van der Waals surface area contributed by atoms with Crippen molar-refractivity contribution in [3.05, 3.63) is 10.4 Å². The van der Waals surface area contributed by atoms with Gasteiger partial charge in [0, 0.05) is 37.1 Å². The Bertz CT molecular complexity index is 403. The van der Waals surface area contributed by atoms with Crippen LogP contribution in [0, 0.1) is 5.41 Å². The van der Waals surface area contributed by atoms with Crippen molar-refractivity contribution in [1.29, 1.82) is 0 Å². The summed E-state index contributed by atoms with van der Waals surface area (Å²) in [5.41, 5.74) is 7.63. The number of methoxy groups -OCH3 is 1. The molecule has 1 rings (SSSR count). The Kier molecular flexibility index (Phi) is 6.26. The lowest BCUT2D eigenvalue weighted by Gasteiger charge is -2.28. The lowest BCUT2D eigenvalue weighted by molar-refractivity contribution is -0.0612. The van der Waals surface area contributed by atoms with E-state index < -0.39 is 5.60 Å². The average molecular weight is 300 g/mol. The first-order valence-corrected chi connectivity index (χ1v) is 6.87. The highest BCUT2D eigenvalue weighted by molar-refractivity contribution is 5.68. The molecule has 1 atom stereocenters. The fourth-order valence-corrected chi connectivity index (χ4v) is 2.23. The second-order valence-electron chi connectivity index (χ2n) is 6.30. The normalized spacial score (nSPS) is 22.0. The van der Waals surface area contributed by atoms with Crippen LogP contribution in [0.25, 0.3) is 10.4 Å². The van der Waals surface area contributed by atoms with Gasteiger partial charge in [0.25, 0.3) is 0 Å². The predicted molar refractivity (Wildman–Crippen MR) is 76.7 cm³/mol. The molecule has 0 aromatic rings. The molecule has 0 radical (unpaired) electrons. The monoisotopic (exact) mass is 300 g/mol. The maximum Gasteiger partial charge on any atom is 0.410 e. The Morgan fingerprint density at radius 1 is 1.48 bits per heavy atom. The topological polar surface area (TPSA) is 96.8 Å². The van der Waals surface area contributed by atoms with Crippen LogP contribution in [0.15, 0.2) is 5.11 Å². The molecule has 21 heavy (non-hydrogen) atoms. The third-order valence-corrected chi connectivity index (χ3v) is 3.17. The van der Waals surface area contributed by atoms with E-state index in [9.17, 15) is 4.79 Å². The van der Waals surface area contributed by atoms with Crippen LogP contribution in [-0.2, 0) is 14.2 Å². The molecule has 1 aliphatic rings. The second-order valence-corrected chi connectivity index (χ2v) is 6.30. The van der Waals surface area contributed by atoms with E-state index in [-0.39, 0.29) is 24.8 Å². The van der Waals surface area contributed by atoms with Gasteiger partial charge in [-0.2, -0.15) is 0 Å². The zero-order chi connectivity index (χ0) is 15.9. The molecule has 0 aromatic heterocycles. The molecule has 1 aliphatic heterocycles. The van der Waals surface area contributed by atoms with Crippen molar-refractivity contribution < 1.29 is 19.0 Å². The Labute approximate surface area is 125 Å². The van der Waals surface area contributed by atoms with E-state index in [1.54, 1.807) is 12.0 Å². The van der Waals surface area contributed by atoms with Crippen molar-refractivity contribution in [2.75, 3.05) is 40.1 Å². The summed E-state index contributed by atoms with van der Waals surface area (Å²) in [6, 6.07) is 0. The molecule has 0 aromatic carbocycles. The minimum atomic E-state index is -0.528. The summed E-state index contributed by atoms with van der Waals surface area (Å²) in [6.07, 6.45) is 0.353. The number of hydrogen-bond donors (Lipinski definition) is 0. The number of amides is 1. The smallest absolute Gasteiger partial charge is 0.410 e. The van der Waals surface area contributed by atoms with Gasteiger partial charge < -0.3 is 19.1 Å². The molecule has 0 spiro atoms. The van der Waals surface area contributed by atoms with E-state index in [0.29, 0.717) is 26.1 Å². The van der Waals surface area contributed by atoms with Crippen LogP contribution in [0.3, 0.4) is 0 Å². The summed E-state index contributed by atoms with van der Waals surface area (Å²) >= 11 is 0. The highest BCUT2D eigenvalue weighted by Crippen LogP contribution is 2.32. The Morgan fingerprint density at radius 3 is 2.76 bits per heavy atom. The first kappa shape index (κ1) is 17.6. The standard InChI is InChI=1S/C13H24N4O4/c1-12(2,3)21-11(18)17-6-5-13(8-17,7-15-16-14)9-20-10-19-4/h5-10H2,1-4H3/t13-/m1/s1. The van der Waals surface area contributed by atoms with Gasteiger partial charge in [0.1, 0.15) is 12.4 Å². The lowest BCUT2D eigenvalue weighted by Crippen LogP contribution is -2.39. The number of ether oxygens (including phenoxy) is 3. The molecule has 0 unspecified atom stereocenters. The van der Waals surface area contributed by atoms with Gasteiger partial charge in [-0.15, -0.1) is 0 Å². The van der Waals surface area contributed by atoms with Gasteiger partial charge in [0.15, 0.2) is 0 Å². The van der Waals surface area contributed by atoms with Crippen molar-refractivity contribution in [2.45, 2.75) is 32.8 Å². The molecule has 1 heterocycles. The molecule has 0 saturated carbocycles. The number of likely N-dealkylation sites (tertiary alicyclic amines) is 1. The first-order valence-electron chi connectivity index (χ1n) is 6.87. The van der Waals surface area contributed by atoms with E-state index in [1.165, 1.54) is 0 Å². The van der Waals surface area contributed by atoms with E-state index in [1.807, 2.05) is 20.8 Å². The van der Waals surface area contributed by atoms with Crippen LogP contribution in [0.2, 0.25) is 0 Å². The highest BCUT2D eigenvalue weighted by atomic mass is 16.7. The van der Waals surface area contributed by atoms with Gasteiger partial charge in [-0.3, -0.25) is 0 Å². The van der Waals surface area contributed by atoms with Gasteiger partial charge in [-0.25, -0.2) is 4.79 Å². The second kappa shape index (κ2) is 7.49. The molecule has 0 N–H and O–H groups in total. The van der Waals surface area contributed by atoms with Gasteiger partial charge in [0.2, 0.25) is 0 Å². The molecule has 120 valence electrons. The number of hydrogen-bond acceptors (Lipinski definition) is 5. The fraction of sp³-hybridized carbons (Fsp3) is 0.923. The summed E-state index contributed by atoms with van der Waals surface area (Å²) in [7, 11) is 1.54. The summed E-state index contributed by atoms with van der Waals surface area (Å²) in [4.78, 5) is 16.5. The number of nitrogens with zero attached hydrogens (tertiary/aromatic N) is 4. The maximum absolute atomic E-state index is 12.1. The Morgan fingerprint density at radius 2 is 2.19 bits per heavy atom. The third kappa shape index (κ3) is 5.79. The molecular formula is C13H24N4O4. The van der Waals surface area contributed by atoms with Crippen LogP contribution >= 0.6 is 0 Å². The summed E-state index contributed by atoms with van der Waals surface area (Å²) in [6.45, 7) is 7.33. The molecule has 0 aliphatic carbocycles. The minimum Gasteiger partial charge on any atom is -0.444 e. The van der Waals surface area contributed by atoms with Crippen molar-refractivity contribution in [3.63, 3.8) is 0 Å². The molecule has 8 nitrogen and oxygen atoms in total. The fourth-order valence-electron chi connectivity index (χ4n) is 2.23. The zero-order valence-electron chi connectivity index (χ0n) is 13.2. The van der Waals surface area contributed by atoms with Crippen LogP contribution in [0.4, 0.5) is 4.79 Å². The molecule has 1 saturated heterocycles. The summed E-state index contributed by atoms with van der Waals surface area (Å²) in [5.74, 6) is 0. The van der Waals surface area contributed by atoms with E-state index in [4.69, 9.17) is 19.7 Å². The number of azide groups is 1. The van der Waals surface area contributed by atoms with Crippen molar-refractivity contribution in [2.24, 2.45) is 10.5 Å². The summed E-state index contributed by atoms with van der Waals surface area (Å²) < 4.78 is 15.6. The van der Waals surface area contributed by atoms with Crippen LogP contribution in [-0.4, -0.2) is 56.7 Å². The Hall–Kier alpha value is -1.50. The largest absolute Gasteiger partial charge is 0.444 e. The van der Waals surface area contributed by atoms with Crippen LogP contribution < -0.4 is 0 Å².